The molecule has 1 fully saturated rings. The maximum atomic E-state index is 13.4. The number of anilines is 1. The number of morpholine rings is 1. The largest absolute Gasteiger partial charge is 0.493 e. The van der Waals surface area contributed by atoms with Gasteiger partial charge in [-0.2, -0.15) is 0 Å². The zero-order valence-electron chi connectivity index (χ0n) is 23.6. The van der Waals surface area contributed by atoms with E-state index in [-0.39, 0.29) is 29.5 Å². The van der Waals surface area contributed by atoms with Gasteiger partial charge in [-0.05, 0) is 47.7 Å². The average Bonchev–Trinajstić information content (AvgIpc) is 3.19. The molecule has 3 N–H and O–H groups in total. The Kier molecular flexibility index (Phi) is 9.84. The highest BCUT2D eigenvalue weighted by Crippen LogP contribution is 2.50. The first kappa shape index (κ1) is 29.2. The number of hydrogen-bond donors (Lipinski definition) is 3. The highest BCUT2D eigenvalue weighted by molar-refractivity contribution is 5.84. The molecule has 0 saturated carbocycles. The minimum Gasteiger partial charge on any atom is -0.493 e. The molecule has 0 spiro atoms. The van der Waals surface area contributed by atoms with Gasteiger partial charge >= 0.3 is 0 Å². The third-order valence-electron chi connectivity index (χ3n) is 7.21. The van der Waals surface area contributed by atoms with Crippen LogP contribution >= 0.6 is 0 Å². The standard InChI is InChI=1S/C29H38N4O7/c1-18(34)32-22-7-5-19-15-25(37-2)28(38-3)29(39-4)27(19)20-6-8-23(24(35)16-21(20)22)31-17-26(36)30-9-10-33-11-13-40-14-12-33/h6,8,15-16,22H,5,7,9-14,17H2,1-4H3,(H,30,36)(H,31,35)(H,32,34). The van der Waals surface area contributed by atoms with Crippen LogP contribution in [0.2, 0.25) is 0 Å². The van der Waals surface area contributed by atoms with E-state index in [1.54, 1.807) is 27.4 Å². The Morgan fingerprint density at radius 3 is 2.48 bits per heavy atom. The monoisotopic (exact) mass is 554 g/mol. The van der Waals surface area contributed by atoms with E-state index in [0.717, 1.165) is 36.3 Å². The van der Waals surface area contributed by atoms with Gasteiger partial charge in [-0.15, -0.1) is 0 Å². The van der Waals surface area contributed by atoms with Crippen molar-refractivity contribution in [1.82, 2.24) is 15.5 Å². The smallest absolute Gasteiger partial charge is 0.239 e. The molecular formula is C29H38N4O7. The molecule has 2 aromatic rings. The van der Waals surface area contributed by atoms with Gasteiger partial charge in [0, 0.05) is 38.7 Å². The third-order valence-corrected chi connectivity index (χ3v) is 7.21. The number of nitrogens with zero attached hydrogens (tertiary/aromatic N) is 1. The zero-order valence-corrected chi connectivity index (χ0v) is 23.6. The van der Waals surface area contributed by atoms with Crippen LogP contribution in [0.1, 0.15) is 30.5 Å². The van der Waals surface area contributed by atoms with Gasteiger partial charge in [0.15, 0.2) is 11.5 Å². The van der Waals surface area contributed by atoms with Crippen molar-refractivity contribution in [1.29, 1.82) is 0 Å². The van der Waals surface area contributed by atoms with Crippen molar-refractivity contribution < 1.29 is 28.5 Å². The first-order chi connectivity index (χ1) is 19.4. The van der Waals surface area contributed by atoms with Crippen molar-refractivity contribution in [2.24, 2.45) is 0 Å². The van der Waals surface area contributed by atoms with Gasteiger partial charge in [-0.3, -0.25) is 19.3 Å². The minimum atomic E-state index is -0.405. The second kappa shape index (κ2) is 13.5. The maximum Gasteiger partial charge on any atom is 0.239 e. The number of amides is 2. The quantitative estimate of drug-likeness (QED) is 0.402. The van der Waals surface area contributed by atoms with Crippen LogP contribution in [-0.4, -0.2) is 84.0 Å². The minimum absolute atomic E-state index is 0.0485. The number of ether oxygens (including phenoxy) is 4. The van der Waals surface area contributed by atoms with Crippen molar-refractivity contribution in [2.75, 3.05) is 72.6 Å². The summed E-state index contributed by atoms with van der Waals surface area (Å²) in [7, 11) is 4.66. The van der Waals surface area contributed by atoms with E-state index in [1.807, 2.05) is 12.1 Å². The van der Waals surface area contributed by atoms with E-state index in [2.05, 4.69) is 20.9 Å². The molecule has 1 heterocycles. The van der Waals surface area contributed by atoms with Gasteiger partial charge in [-0.25, -0.2) is 0 Å². The maximum absolute atomic E-state index is 13.4. The number of benzene rings is 1. The van der Waals surface area contributed by atoms with Crippen LogP contribution < -0.4 is 35.6 Å². The van der Waals surface area contributed by atoms with Crippen LogP contribution in [0.25, 0.3) is 11.1 Å². The lowest BCUT2D eigenvalue weighted by Gasteiger charge is -2.26. The Hall–Kier alpha value is -3.83. The second-order valence-corrected chi connectivity index (χ2v) is 9.75. The molecule has 40 heavy (non-hydrogen) atoms. The van der Waals surface area contributed by atoms with Gasteiger partial charge < -0.3 is 34.9 Å². The lowest BCUT2D eigenvalue weighted by atomic mass is 9.95. The van der Waals surface area contributed by atoms with E-state index in [0.29, 0.717) is 55.4 Å². The van der Waals surface area contributed by atoms with Crippen LogP contribution in [0.15, 0.2) is 29.1 Å². The number of aryl methyl sites for hydroxylation is 1. The summed E-state index contributed by atoms with van der Waals surface area (Å²) < 4.78 is 22.3. The molecule has 4 rings (SSSR count). The van der Waals surface area contributed by atoms with Crippen molar-refractivity contribution in [3.05, 3.63) is 45.6 Å². The van der Waals surface area contributed by atoms with E-state index < -0.39 is 6.04 Å². The number of carbonyl (C=O) groups is 2. The summed E-state index contributed by atoms with van der Waals surface area (Å²) in [5, 5.41) is 8.87. The van der Waals surface area contributed by atoms with E-state index in [4.69, 9.17) is 18.9 Å². The predicted octanol–water partition coefficient (Wildman–Crippen LogP) is 1.72. The van der Waals surface area contributed by atoms with Crippen LogP contribution in [-0.2, 0) is 20.7 Å². The fourth-order valence-electron chi connectivity index (χ4n) is 5.27. The van der Waals surface area contributed by atoms with Gasteiger partial charge in [0.05, 0.1) is 52.8 Å². The Labute approximate surface area is 234 Å². The van der Waals surface area contributed by atoms with E-state index >= 15 is 0 Å². The SMILES string of the molecule is COc1cc2c(c(OC)c1OC)-c1ccc(NCC(=O)NCCN3CCOCC3)c(=O)cc1C(NC(C)=O)CC2. The topological polar surface area (TPSA) is 127 Å². The zero-order chi connectivity index (χ0) is 28.6. The highest BCUT2D eigenvalue weighted by atomic mass is 16.5. The number of hydrogen-bond acceptors (Lipinski definition) is 9. The Balaban J connectivity index is 1.64. The van der Waals surface area contributed by atoms with Gasteiger partial charge in [0.1, 0.15) is 0 Å². The first-order valence-electron chi connectivity index (χ1n) is 13.4. The summed E-state index contributed by atoms with van der Waals surface area (Å²) in [5.74, 6) is 1.04. The van der Waals surface area contributed by atoms with Gasteiger partial charge in [-0.1, -0.05) is 6.07 Å². The molecule has 2 aromatic carbocycles. The molecule has 0 radical (unpaired) electrons. The molecule has 1 aliphatic carbocycles. The molecule has 11 nitrogen and oxygen atoms in total. The van der Waals surface area contributed by atoms with Gasteiger partial charge in [0.25, 0.3) is 0 Å². The van der Waals surface area contributed by atoms with Crippen molar-refractivity contribution in [3.8, 4) is 28.4 Å². The number of rotatable bonds is 10. The number of carbonyl (C=O) groups excluding carboxylic acids is 2. The average molecular weight is 555 g/mol. The molecule has 11 heteroatoms. The molecule has 1 atom stereocenters. The summed E-state index contributed by atoms with van der Waals surface area (Å²) in [5.41, 5.74) is 3.08. The summed E-state index contributed by atoms with van der Waals surface area (Å²) in [6.07, 6.45) is 1.18. The lowest BCUT2D eigenvalue weighted by molar-refractivity contribution is -0.120. The number of nitrogens with one attached hydrogen (secondary N) is 3. The van der Waals surface area contributed by atoms with Gasteiger partial charge in [0.2, 0.25) is 23.0 Å². The highest BCUT2D eigenvalue weighted by Gasteiger charge is 2.29. The molecule has 2 aliphatic rings. The summed E-state index contributed by atoms with van der Waals surface area (Å²) in [6, 6.07) is 6.52. The lowest BCUT2D eigenvalue weighted by Crippen LogP contribution is -2.42. The fraction of sp³-hybridized carbons (Fsp3) is 0.483. The molecular weight excluding hydrogens is 516 g/mol. The molecule has 1 aliphatic heterocycles. The third kappa shape index (κ3) is 6.65. The molecule has 216 valence electrons. The Morgan fingerprint density at radius 2 is 1.80 bits per heavy atom. The molecule has 1 unspecified atom stereocenters. The van der Waals surface area contributed by atoms with Crippen molar-refractivity contribution >= 4 is 17.5 Å². The van der Waals surface area contributed by atoms with Crippen LogP contribution in [0.5, 0.6) is 17.2 Å². The molecule has 1 saturated heterocycles. The summed E-state index contributed by atoms with van der Waals surface area (Å²) >= 11 is 0. The van der Waals surface area contributed by atoms with E-state index in [9.17, 15) is 14.4 Å². The Morgan fingerprint density at radius 1 is 1.05 bits per heavy atom. The fourth-order valence-corrected chi connectivity index (χ4v) is 5.27. The van der Waals surface area contributed by atoms with Crippen molar-refractivity contribution in [2.45, 2.75) is 25.8 Å². The van der Waals surface area contributed by atoms with Crippen LogP contribution in [0, 0.1) is 0 Å². The molecule has 2 amide bonds. The normalized spacial score (nSPS) is 16.6. The van der Waals surface area contributed by atoms with Crippen LogP contribution in [0.3, 0.4) is 0 Å². The number of methoxy groups -OCH3 is 3. The predicted molar refractivity (Wildman–Crippen MR) is 151 cm³/mol. The van der Waals surface area contributed by atoms with Crippen LogP contribution in [0.4, 0.5) is 5.69 Å². The Bertz CT molecular complexity index is 1290. The second-order valence-electron chi connectivity index (χ2n) is 9.75. The first-order valence-corrected chi connectivity index (χ1v) is 13.4. The molecule has 0 bridgehead atoms. The van der Waals surface area contributed by atoms with E-state index in [1.165, 1.54) is 13.0 Å². The summed E-state index contributed by atoms with van der Waals surface area (Å²) in [6.45, 7) is 5.78. The van der Waals surface area contributed by atoms with Crippen molar-refractivity contribution in [3.63, 3.8) is 0 Å². The number of fused-ring (bicyclic) bond motifs is 3. The molecule has 0 aromatic heterocycles. The summed E-state index contributed by atoms with van der Waals surface area (Å²) in [4.78, 5) is 40.2.